The van der Waals surface area contributed by atoms with Gasteiger partial charge in [-0.15, -0.1) is 24.8 Å². The summed E-state index contributed by atoms with van der Waals surface area (Å²) in [4.78, 5) is 18.6. The Morgan fingerprint density at radius 1 is 1.12 bits per heavy atom. The van der Waals surface area contributed by atoms with Gasteiger partial charge in [0.05, 0.1) is 6.04 Å². The number of amides is 1. The number of benzene rings is 1. The molecular formula is C20H29Cl2N3O. The molecule has 1 amide bonds. The Labute approximate surface area is 169 Å². The van der Waals surface area contributed by atoms with Gasteiger partial charge >= 0.3 is 0 Å². The molecule has 0 aliphatic carbocycles. The molecule has 0 saturated heterocycles. The molecule has 26 heavy (non-hydrogen) atoms. The van der Waals surface area contributed by atoms with Crippen molar-refractivity contribution in [1.82, 2.24) is 4.98 Å². The molecule has 1 heterocycles. The number of carbonyl (C=O) groups excluding carboxylic acids is 1. The first-order chi connectivity index (χ1) is 11.5. The van der Waals surface area contributed by atoms with E-state index in [2.05, 4.69) is 11.1 Å². The number of carbonyl (C=O) groups is 1. The van der Waals surface area contributed by atoms with E-state index < -0.39 is 6.04 Å². The van der Waals surface area contributed by atoms with Gasteiger partial charge < -0.3 is 10.6 Å². The predicted octanol–water partition coefficient (Wildman–Crippen LogP) is 4.25. The Bertz CT molecular complexity index is 658. The van der Waals surface area contributed by atoms with Gasteiger partial charge in [-0.05, 0) is 62.8 Å². The summed E-state index contributed by atoms with van der Waals surface area (Å²) in [5.74, 6) is -0.0197. The summed E-state index contributed by atoms with van der Waals surface area (Å²) in [6.07, 6.45) is 6.60. The molecule has 1 unspecified atom stereocenters. The number of halogens is 2. The molecule has 0 radical (unpaired) electrons. The van der Waals surface area contributed by atoms with Crippen molar-refractivity contribution < 1.29 is 4.79 Å². The zero-order chi connectivity index (χ0) is 17.5. The number of para-hydroxylation sites is 1. The number of rotatable bonds is 7. The van der Waals surface area contributed by atoms with E-state index in [0.717, 1.165) is 36.1 Å². The van der Waals surface area contributed by atoms with Crippen molar-refractivity contribution in [2.75, 3.05) is 11.4 Å². The lowest BCUT2D eigenvalue weighted by atomic mass is 10.1. The van der Waals surface area contributed by atoms with Gasteiger partial charge in [0.15, 0.2) is 0 Å². The number of nitrogens with zero attached hydrogens (tertiary/aromatic N) is 2. The van der Waals surface area contributed by atoms with Gasteiger partial charge in [0, 0.05) is 24.6 Å². The molecule has 0 aliphatic rings. The summed E-state index contributed by atoms with van der Waals surface area (Å²) in [5.41, 5.74) is 10.3. The van der Waals surface area contributed by atoms with Crippen LogP contribution >= 0.6 is 24.8 Å². The lowest BCUT2D eigenvalue weighted by Crippen LogP contribution is -2.43. The van der Waals surface area contributed by atoms with Crippen molar-refractivity contribution in [3.05, 3.63) is 59.4 Å². The summed E-state index contributed by atoms with van der Waals surface area (Å²) >= 11 is 0. The fourth-order valence-electron chi connectivity index (χ4n) is 2.95. The molecule has 0 aliphatic heterocycles. The first kappa shape index (κ1) is 24.4. The van der Waals surface area contributed by atoms with Gasteiger partial charge in [-0.3, -0.25) is 9.78 Å². The van der Waals surface area contributed by atoms with Crippen molar-refractivity contribution >= 4 is 36.4 Å². The number of aryl methyl sites for hydroxylation is 3. The summed E-state index contributed by atoms with van der Waals surface area (Å²) in [7, 11) is 0. The molecule has 1 aromatic heterocycles. The number of hydrogen-bond donors (Lipinski definition) is 1. The molecule has 0 bridgehead atoms. The number of nitrogens with two attached hydrogens (primary N) is 1. The molecule has 0 fully saturated rings. The van der Waals surface area contributed by atoms with Gasteiger partial charge in [-0.2, -0.15) is 0 Å². The van der Waals surface area contributed by atoms with E-state index in [1.807, 2.05) is 49.2 Å². The number of aromatic nitrogens is 1. The van der Waals surface area contributed by atoms with Crippen molar-refractivity contribution in [2.24, 2.45) is 5.73 Å². The first-order valence-corrected chi connectivity index (χ1v) is 8.52. The second kappa shape index (κ2) is 11.9. The minimum Gasteiger partial charge on any atom is -0.320 e. The van der Waals surface area contributed by atoms with Crippen LogP contribution in [0.1, 0.15) is 36.5 Å². The summed E-state index contributed by atoms with van der Waals surface area (Å²) in [6, 6.07) is 9.65. The maximum absolute atomic E-state index is 12.6. The number of anilines is 1. The van der Waals surface area contributed by atoms with E-state index in [1.165, 1.54) is 5.56 Å². The number of pyridine rings is 1. The average molecular weight is 398 g/mol. The normalized spacial score (nSPS) is 11.1. The van der Waals surface area contributed by atoms with Crippen LogP contribution in [0.5, 0.6) is 0 Å². The quantitative estimate of drug-likeness (QED) is 0.710. The fourth-order valence-corrected chi connectivity index (χ4v) is 2.95. The van der Waals surface area contributed by atoms with E-state index in [9.17, 15) is 4.79 Å². The van der Waals surface area contributed by atoms with Crippen molar-refractivity contribution in [1.29, 1.82) is 0 Å². The molecule has 2 N–H and O–H groups in total. The van der Waals surface area contributed by atoms with Crippen LogP contribution in [0.3, 0.4) is 0 Å². The van der Waals surface area contributed by atoms with Gasteiger partial charge in [0.1, 0.15) is 0 Å². The molecule has 144 valence electrons. The van der Waals surface area contributed by atoms with Gasteiger partial charge in [0.25, 0.3) is 0 Å². The summed E-state index contributed by atoms with van der Waals surface area (Å²) in [6.45, 7) is 6.52. The predicted molar refractivity (Wildman–Crippen MR) is 114 cm³/mol. The van der Waals surface area contributed by atoms with Crippen LogP contribution in [0, 0.1) is 13.8 Å². The molecular weight excluding hydrogens is 369 g/mol. The van der Waals surface area contributed by atoms with E-state index >= 15 is 0 Å². The third-order valence-electron chi connectivity index (χ3n) is 4.18. The van der Waals surface area contributed by atoms with Gasteiger partial charge in [-0.25, -0.2) is 0 Å². The average Bonchev–Trinajstić information content (AvgIpc) is 2.57. The smallest absolute Gasteiger partial charge is 0.243 e. The van der Waals surface area contributed by atoms with E-state index in [-0.39, 0.29) is 30.7 Å². The highest BCUT2D eigenvalue weighted by Gasteiger charge is 2.21. The van der Waals surface area contributed by atoms with Crippen LogP contribution in [-0.4, -0.2) is 23.5 Å². The number of hydrogen-bond acceptors (Lipinski definition) is 3. The van der Waals surface area contributed by atoms with E-state index in [4.69, 9.17) is 5.73 Å². The third kappa shape index (κ3) is 6.60. The van der Waals surface area contributed by atoms with Crippen molar-refractivity contribution in [3.63, 3.8) is 0 Å². The second-order valence-electron chi connectivity index (χ2n) is 6.34. The van der Waals surface area contributed by atoms with Crippen LogP contribution in [0.25, 0.3) is 0 Å². The first-order valence-electron chi connectivity index (χ1n) is 8.52. The molecule has 1 atom stereocenters. The topological polar surface area (TPSA) is 59.2 Å². The molecule has 2 aromatic rings. The Morgan fingerprint density at radius 3 is 2.31 bits per heavy atom. The second-order valence-corrected chi connectivity index (χ2v) is 6.34. The fraction of sp³-hybridized carbons (Fsp3) is 0.400. The van der Waals surface area contributed by atoms with Crippen molar-refractivity contribution in [2.45, 2.75) is 46.1 Å². The highest BCUT2D eigenvalue weighted by molar-refractivity contribution is 5.98. The Balaban J connectivity index is 0.00000312. The molecule has 0 saturated carbocycles. The lowest BCUT2D eigenvalue weighted by Gasteiger charge is -2.28. The van der Waals surface area contributed by atoms with Crippen LogP contribution in [0.2, 0.25) is 0 Å². The van der Waals surface area contributed by atoms with Crippen LogP contribution in [-0.2, 0) is 11.2 Å². The highest BCUT2D eigenvalue weighted by atomic mass is 35.5. The van der Waals surface area contributed by atoms with Crippen LogP contribution < -0.4 is 10.6 Å². The van der Waals surface area contributed by atoms with Gasteiger partial charge in [0.2, 0.25) is 5.91 Å². The highest BCUT2D eigenvalue weighted by Crippen LogP contribution is 2.25. The minimum absolute atomic E-state index is 0. The molecule has 6 heteroatoms. The Morgan fingerprint density at radius 2 is 1.77 bits per heavy atom. The van der Waals surface area contributed by atoms with E-state index in [1.54, 1.807) is 13.1 Å². The molecule has 0 spiro atoms. The van der Waals surface area contributed by atoms with Gasteiger partial charge in [-0.1, -0.05) is 24.3 Å². The maximum Gasteiger partial charge on any atom is 0.243 e. The van der Waals surface area contributed by atoms with Crippen LogP contribution in [0.4, 0.5) is 5.69 Å². The monoisotopic (exact) mass is 397 g/mol. The van der Waals surface area contributed by atoms with E-state index in [0.29, 0.717) is 6.54 Å². The van der Waals surface area contributed by atoms with Crippen LogP contribution in [0.15, 0.2) is 42.7 Å². The Hall–Kier alpha value is -1.62. The maximum atomic E-state index is 12.6. The standard InChI is InChI=1S/C20H27N3O.2ClH/c1-15-8-6-9-16(2)19(15)23(20(24)17(3)21)13-5-4-10-18-11-7-12-22-14-18;;/h6-9,11-12,14,17H,4-5,10,13,21H2,1-3H3;2*1H. The zero-order valence-corrected chi connectivity index (χ0v) is 17.3. The molecule has 2 rings (SSSR count). The zero-order valence-electron chi connectivity index (χ0n) is 15.6. The largest absolute Gasteiger partial charge is 0.320 e. The molecule has 4 nitrogen and oxygen atoms in total. The minimum atomic E-state index is -0.498. The SMILES string of the molecule is Cc1cccc(C)c1N(CCCCc1cccnc1)C(=O)C(C)N.Cl.Cl. The third-order valence-corrected chi connectivity index (χ3v) is 4.18. The summed E-state index contributed by atoms with van der Waals surface area (Å²) < 4.78 is 0. The summed E-state index contributed by atoms with van der Waals surface area (Å²) in [5, 5.41) is 0. The molecule has 1 aromatic carbocycles. The lowest BCUT2D eigenvalue weighted by molar-refractivity contribution is -0.119. The van der Waals surface area contributed by atoms with Crippen molar-refractivity contribution in [3.8, 4) is 0 Å². The Kier molecular flexibility index (Phi) is 11.2. The number of unbranched alkanes of at least 4 members (excludes halogenated alkanes) is 1.